The largest absolute Gasteiger partial charge is 0.375 e. The van der Waals surface area contributed by atoms with Gasteiger partial charge < -0.3 is 47.1 Å². The van der Waals surface area contributed by atoms with Gasteiger partial charge in [-0.3, -0.25) is 24.0 Å². The molecule has 2 rings (SSSR count). The van der Waals surface area contributed by atoms with Gasteiger partial charge in [0.2, 0.25) is 29.5 Å². The predicted octanol–water partition coefficient (Wildman–Crippen LogP) is 1.73. The Kier molecular flexibility index (Phi) is 20.0. The Bertz CT molecular complexity index is 1140. The number of amides is 5. The van der Waals surface area contributed by atoms with Crippen LogP contribution in [0.25, 0.3) is 0 Å². The average molecular weight is 746 g/mol. The van der Waals surface area contributed by atoms with Gasteiger partial charge in [-0.15, -0.1) is 0 Å². The maximum absolute atomic E-state index is 14.0. The van der Waals surface area contributed by atoms with E-state index in [0.29, 0.717) is 32.1 Å². The van der Waals surface area contributed by atoms with Gasteiger partial charge in [0.1, 0.15) is 30.8 Å². The SMILES string of the molecule is CCCCCC[C@H]1OC[C@@H](C)NC(=O)[C@H](COCC(F)(F)CN)NC(=O)[C@H](CN)NC(=O)[C@H](C2CCCCC2)NC(=O)[C@H](CCC)N(C)C(=O)[C@@H]1C. The van der Waals surface area contributed by atoms with Gasteiger partial charge in [0.05, 0.1) is 31.8 Å². The molecule has 0 aromatic carbocycles. The van der Waals surface area contributed by atoms with E-state index < -0.39 is 91.5 Å². The van der Waals surface area contributed by atoms with Crippen molar-refractivity contribution in [1.82, 2.24) is 26.2 Å². The molecule has 14 nitrogen and oxygen atoms in total. The topological polar surface area (TPSA) is 207 Å². The van der Waals surface area contributed by atoms with Gasteiger partial charge in [0.15, 0.2) is 0 Å². The van der Waals surface area contributed by atoms with E-state index >= 15 is 0 Å². The lowest BCUT2D eigenvalue weighted by molar-refractivity contribution is -0.147. The van der Waals surface area contributed by atoms with E-state index in [9.17, 15) is 32.8 Å². The summed E-state index contributed by atoms with van der Waals surface area (Å²) in [5.74, 6) is -7.19. The van der Waals surface area contributed by atoms with Crippen LogP contribution in [-0.4, -0.2) is 117 Å². The van der Waals surface area contributed by atoms with Crippen molar-refractivity contribution >= 4 is 29.5 Å². The van der Waals surface area contributed by atoms with Crippen LogP contribution in [0.1, 0.15) is 105 Å². The van der Waals surface area contributed by atoms with Crippen molar-refractivity contribution in [3.05, 3.63) is 0 Å². The Morgan fingerprint density at radius 3 is 2.10 bits per heavy atom. The first-order valence-electron chi connectivity index (χ1n) is 19.1. The second kappa shape index (κ2) is 23.0. The second-order valence-electron chi connectivity index (χ2n) is 14.5. The van der Waals surface area contributed by atoms with Gasteiger partial charge in [-0.1, -0.05) is 72.1 Å². The minimum atomic E-state index is -3.35. The zero-order chi connectivity index (χ0) is 38.8. The third-order valence-corrected chi connectivity index (χ3v) is 10.0. The number of rotatable bonds is 14. The molecule has 0 unspecified atom stereocenters. The molecule has 0 aromatic rings. The number of hydrogen-bond acceptors (Lipinski definition) is 9. The molecule has 52 heavy (non-hydrogen) atoms. The van der Waals surface area contributed by atoms with Crippen molar-refractivity contribution in [3.8, 4) is 0 Å². The Balaban J connectivity index is 2.53. The molecule has 5 amide bonds. The van der Waals surface area contributed by atoms with Crippen LogP contribution in [0.5, 0.6) is 0 Å². The number of nitrogens with zero attached hydrogens (tertiary/aromatic N) is 1. The number of alkyl halides is 2. The highest BCUT2D eigenvalue weighted by Crippen LogP contribution is 2.27. The lowest BCUT2D eigenvalue weighted by Crippen LogP contribution is -2.62. The molecule has 2 aliphatic rings. The lowest BCUT2D eigenvalue weighted by Gasteiger charge is -2.35. The van der Waals surface area contributed by atoms with Crippen molar-refractivity contribution in [2.75, 3.05) is 40.0 Å². The lowest BCUT2D eigenvalue weighted by atomic mass is 9.83. The third-order valence-electron chi connectivity index (χ3n) is 10.0. The standard InChI is InChI=1S/C36H65F2N7O7/c1-6-8-9-13-17-29-24(4)35(50)45(5)28(14-7-2)33(48)44-30(25-15-11-10-12-16-25)34(49)42-26(18-39)31(46)43-27(20-51-22-36(37,38)21-40)32(47)41-23(3)19-52-29/h23-30H,6-22,39-40H2,1-5H3,(H,41,47)(H,42,49)(H,43,46)(H,44,48)/t23-,24-,26+,27+,28+,29-,30+/m1/s1. The molecule has 300 valence electrons. The first kappa shape index (κ1) is 45.2. The van der Waals surface area contributed by atoms with Gasteiger partial charge in [0, 0.05) is 19.6 Å². The summed E-state index contributed by atoms with van der Waals surface area (Å²) in [6.07, 6.45) is 8.83. The fraction of sp³-hybridized carbons (Fsp3) is 0.861. The van der Waals surface area contributed by atoms with E-state index in [1.807, 2.05) is 6.92 Å². The molecule has 0 aromatic heterocycles. The maximum atomic E-state index is 14.0. The second-order valence-corrected chi connectivity index (χ2v) is 14.5. The molecule has 16 heteroatoms. The van der Waals surface area contributed by atoms with E-state index in [2.05, 4.69) is 28.2 Å². The fourth-order valence-corrected chi connectivity index (χ4v) is 6.76. The van der Waals surface area contributed by atoms with Gasteiger partial charge in [-0.2, -0.15) is 0 Å². The number of hydrogen-bond donors (Lipinski definition) is 6. The molecular weight excluding hydrogens is 680 g/mol. The summed E-state index contributed by atoms with van der Waals surface area (Å²) in [5.41, 5.74) is 11.0. The van der Waals surface area contributed by atoms with Crippen molar-refractivity contribution in [1.29, 1.82) is 0 Å². The Labute approximate surface area is 308 Å². The highest BCUT2D eigenvalue weighted by molar-refractivity contribution is 5.96. The number of unbranched alkanes of at least 4 members (excludes halogenated alkanes) is 3. The molecule has 0 bridgehead atoms. The van der Waals surface area contributed by atoms with Crippen molar-refractivity contribution in [2.24, 2.45) is 23.3 Å². The van der Waals surface area contributed by atoms with Gasteiger partial charge in [-0.25, -0.2) is 8.78 Å². The minimum Gasteiger partial charge on any atom is -0.375 e. The monoisotopic (exact) mass is 745 g/mol. The molecule has 8 N–H and O–H groups in total. The van der Waals surface area contributed by atoms with E-state index in [1.165, 1.54) is 4.90 Å². The van der Waals surface area contributed by atoms with Crippen LogP contribution in [0, 0.1) is 11.8 Å². The maximum Gasteiger partial charge on any atom is 0.282 e. The van der Waals surface area contributed by atoms with E-state index in [0.717, 1.165) is 44.9 Å². The summed E-state index contributed by atoms with van der Waals surface area (Å²) in [6, 6.07) is -5.28. The number of nitrogens with two attached hydrogens (primary N) is 2. The molecule has 0 spiro atoms. The number of ether oxygens (including phenoxy) is 2. The summed E-state index contributed by atoms with van der Waals surface area (Å²) < 4.78 is 39.2. The van der Waals surface area contributed by atoms with Crippen molar-refractivity contribution < 1.29 is 42.2 Å². The zero-order valence-electron chi connectivity index (χ0n) is 31.9. The van der Waals surface area contributed by atoms with Crippen LogP contribution in [0.3, 0.4) is 0 Å². The number of likely N-dealkylation sites (N-methyl/N-ethyl adjacent to an activating group) is 1. The quantitative estimate of drug-likeness (QED) is 0.143. The predicted molar refractivity (Wildman–Crippen MR) is 193 cm³/mol. The van der Waals surface area contributed by atoms with Crippen LogP contribution in [-0.2, 0) is 33.4 Å². The summed E-state index contributed by atoms with van der Waals surface area (Å²) in [5, 5.41) is 10.8. The molecule has 1 aliphatic carbocycles. The first-order valence-corrected chi connectivity index (χ1v) is 19.1. The molecule has 1 saturated heterocycles. The third kappa shape index (κ3) is 14.5. The molecular formula is C36H65F2N7O7. The van der Waals surface area contributed by atoms with Crippen LogP contribution in [0.2, 0.25) is 0 Å². The molecule has 1 aliphatic heterocycles. The number of carbonyl (C=O) groups is 5. The van der Waals surface area contributed by atoms with Crippen molar-refractivity contribution in [2.45, 2.75) is 147 Å². The molecule has 2 fully saturated rings. The average Bonchev–Trinajstić information content (AvgIpc) is 3.12. The Morgan fingerprint density at radius 2 is 1.48 bits per heavy atom. The van der Waals surface area contributed by atoms with Crippen molar-refractivity contribution in [3.63, 3.8) is 0 Å². The number of nitrogens with one attached hydrogen (secondary N) is 4. The number of carbonyl (C=O) groups excluding carboxylic acids is 5. The fourth-order valence-electron chi connectivity index (χ4n) is 6.76. The summed E-state index contributed by atoms with van der Waals surface area (Å²) in [6.45, 7) is 4.42. The van der Waals surface area contributed by atoms with Crippen LogP contribution >= 0.6 is 0 Å². The Morgan fingerprint density at radius 1 is 0.827 bits per heavy atom. The molecule has 1 heterocycles. The molecule has 1 saturated carbocycles. The summed E-state index contributed by atoms with van der Waals surface area (Å²) >= 11 is 0. The highest BCUT2D eigenvalue weighted by atomic mass is 19.3. The molecule has 7 atom stereocenters. The van der Waals surface area contributed by atoms with Crippen LogP contribution in [0.15, 0.2) is 0 Å². The first-order chi connectivity index (χ1) is 24.7. The van der Waals surface area contributed by atoms with Crippen LogP contribution in [0.4, 0.5) is 8.78 Å². The van der Waals surface area contributed by atoms with Gasteiger partial charge in [0.25, 0.3) is 5.92 Å². The van der Waals surface area contributed by atoms with E-state index in [-0.39, 0.29) is 25.0 Å². The summed E-state index contributed by atoms with van der Waals surface area (Å²) in [7, 11) is 1.59. The van der Waals surface area contributed by atoms with E-state index in [1.54, 1.807) is 20.9 Å². The highest BCUT2D eigenvalue weighted by Gasteiger charge is 2.39. The smallest absolute Gasteiger partial charge is 0.282 e. The minimum absolute atomic E-state index is 0.00170. The van der Waals surface area contributed by atoms with Crippen LogP contribution < -0.4 is 32.7 Å². The number of halogens is 2. The summed E-state index contributed by atoms with van der Waals surface area (Å²) in [4.78, 5) is 70.4. The Hall–Kier alpha value is -2.95. The van der Waals surface area contributed by atoms with Gasteiger partial charge >= 0.3 is 0 Å². The normalized spacial score (nSPS) is 28.6. The van der Waals surface area contributed by atoms with E-state index in [4.69, 9.17) is 20.9 Å². The molecule has 0 radical (unpaired) electrons. The zero-order valence-corrected chi connectivity index (χ0v) is 31.9. The van der Waals surface area contributed by atoms with Gasteiger partial charge in [-0.05, 0) is 38.5 Å².